The highest BCUT2D eigenvalue weighted by molar-refractivity contribution is 6.06. The molecule has 8 nitrogen and oxygen atoms in total. The predicted octanol–water partition coefficient (Wildman–Crippen LogP) is 2.49. The first kappa shape index (κ1) is 15.5. The number of benzene rings is 2. The molecular formula is C16H13N3O5. The summed E-state index contributed by atoms with van der Waals surface area (Å²) >= 11 is 0. The zero-order chi connectivity index (χ0) is 17.3. The monoisotopic (exact) mass is 327 g/mol. The van der Waals surface area contributed by atoms with Crippen LogP contribution in [0.25, 0.3) is 0 Å². The molecule has 0 atom stereocenters. The number of aryl methyl sites for hydroxylation is 1. The molecule has 0 saturated carbocycles. The average molecular weight is 327 g/mol. The third kappa shape index (κ3) is 3.02. The van der Waals surface area contributed by atoms with Gasteiger partial charge in [-0.3, -0.25) is 19.7 Å². The van der Waals surface area contributed by atoms with Crippen LogP contribution in [0.5, 0.6) is 5.75 Å². The Labute approximate surface area is 136 Å². The Morgan fingerprint density at radius 1 is 1.29 bits per heavy atom. The van der Waals surface area contributed by atoms with E-state index in [1.54, 1.807) is 25.1 Å². The number of carbonyl (C=O) groups excluding carboxylic acids is 2. The van der Waals surface area contributed by atoms with Crippen LogP contribution in [0.15, 0.2) is 36.4 Å². The van der Waals surface area contributed by atoms with Gasteiger partial charge in [0.15, 0.2) is 6.61 Å². The van der Waals surface area contributed by atoms with Gasteiger partial charge in [0.2, 0.25) is 0 Å². The fraction of sp³-hybridized carbons (Fsp3) is 0.125. The summed E-state index contributed by atoms with van der Waals surface area (Å²) in [6, 6.07) is 8.87. The standard InChI is InChI=1S/C16H13N3O5/c1-9-2-4-11(19(22)23)7-12(9)18-16(21)10-3-5-14-13(6-10)17-15(20)8-24-14/h2-7H,8H2,1H3,(H,17,20)(H,18,21). The summed E-state index contributed by atoms with van der Waals surface area (Å²) in [5.74, 6) is -0.256. The van der Waals surface area contributed by atoms with Crippen molar-refractivity contribution >= 4 is 28.9 Å². The highest BCUT2D eigenvalue weighted by atomic mass is 16.6. The number of non-ortho nitro benzene ring substituents is 1. The van der Waals surface area contributed by atoms with Crippen LogP contribution < -0.4 is 15.4 Å². The maximum absolute atomic E-state index is 12.4. The van der Waals surface area contributed by atoms with E-state index in [-0.39, 0.29) is 18.2 Å². The first-order chi connectivity index (χ1) is 11.4. The van der Waals surface area contributed by atoms with Crippen molar-refractivity contribution in [2.45, 2.75) is 6.92 Å². The van der Waals surface area contributed by atoms with Crippen molar-refractivity contribution in [2.75, 3.05) is 17.2 Å². The highest BCUT2D eigenvalue weighted by Gasteiger charge is 2.18. The van der Waals surface area contributed by atoms with E-state index >= 15 is 0 Å². The number of hydrogen-bond donors (Lipinski definition) is 2. The Bertz CT molecular complexity index is 863. The van der Waals surface area contributed by atoms with Gasteiger partial charge in [-0.2, -0.15) is 0 Å². The molecule has 8 heteroatoms. The molecule has 0 unspecified atom stereocenters. The molecular weight excluding hydrogens is 314 g/mol. The van der Waals surface area contributed by atoms with Crippen LogP contribution in [0.1, 0.15) is 15.9 Å². The molecule has 0 spiro atoms. The maximum Gasteiger partial charge on any atom is 0.271 e. The van der Waals surface area contributed by atoms with Crippen molar-refractivity contribution in [3.8, 4) is 5.75 Å². The van der Waals surface area contributed by atoms with Crippen LogP contribution in [0.4, 0.5) is 17.1 Å². The third-order valence-corrected chi connectivity index (χ3v) is 3.55. The van der Waals surface area contributed by atoms with Gasteiger partial charge in [0.05, 0.1) is 16.3 Å². The number of nitro groups is 1. The van der Waals surface area contributed by atoms with Crippen LogP contribution in [0.3, 0.4) is 0 Å². The number of rotatable bonds is 3. The van der Waals surface area contributed by atoms with Gasteiger partial charge in [-0.25, -0.2) is 0 Å². The molecule has 2 amide bonds. The highest BCUT2D eigenvalue weighted by Crippen LogP contribution is 2.29. The largest absolute Gasteiger partial charge is 0.482 e. The van der Waals surface area contributed by atoms with E-state index in [1.165, 1.54) is 18.2 Å². The minimum absolute atomic E-state index is 0.0641. The van der Waals surface area contributed by atoms with E-state index in [0.29, 0.717) is 28.3 Å². The van der Waals surface area contributed by atoms with Gasteiger partial charge in [0.25, 0.3) is 17.5 Å². The Hall–Kier alpha value is -3.42. The average Bonchev–Trinajstić information content (AvgIpc) is 2.55. The van der Waals surface area contributed by atoms with Gasteiger partial charge in [-0.15, -0.1) is 0 Å². The van der Waals surface area contributed by atoms with E-state index < -0.39 is 10.8 Å². The van der Waals surface area contributed by atoms with Crippen LogP contribution in [0.2, 0.25) is 0 Å². The summed E-state index contributed by atoms with van der Waals surface area (Å²) in [7, 11) is 0. The molecule has 0 aromatic heterocycles. The normalized spacial score (nSPS) is 12.6. The minimum Gasteiger partial charge on any atom is -0.482 e. The Morgan fingerprint density at radius 3 is 2.83 bits per heavy atom. The number of ether oxygens (including phenoxy) is 1. The molecule has 0 radical (unpaired) electrons. The van der Waals surface area contributed by atoms with Gasteiger partial charge in [-0.1, -0.05) is 6.07 Å². The molecule has 2 aromatic carbocycles. The number of nitrogens with zero attached hydrogens (tertiary/aromatic N) is 1. The van der Waals surface area contributed by atoms with E-state index in [9.17, 15) is 19.7 Å². The van der Waals surface area contributed by atoms with Crippen molar-refractivity contribution in [1.29, 1.82) is 0 Å². The fourth-order valence-corrected chi connectivity index (χ4v) is 2.28. The van der Waals surface area contributed by atoms with Gasteiger partial charge < -0.3 is 15.4 Å². The first-order valence-electron chi connectivity index (χ1n) is 7.07. The third-order valence-electron chi connectivity index (χ3n) is 3.55. The minimum atomic E-state index is -0.527. The Morgan fingerprint density at radius 2 is 2.08 bits per heavy atom. The number of fused-ring (bicyclic) bond motifs is 1. The Balaban J connectivity index is 1.85. The van der Waals surface area contributed by atoms with Crippen LogP contribution in [-0.4, -0.2) is 23.3 Å². The van der Waals surface area contributed by atoms with Crippen LogP contribution in [0, 0.1) is 17.0 Å². The smallest absolute Gasteiger partial charge is 0.271 e. The van der Waals surface area contributed by atoms with E-state index in [0.717, 1.165) is 0 Å². The molecule has 2 N–H and O–H groups in total. The van der Waals surface area contributed by atoms with Crippen molar-refractivity contribution in [1.82, 2.24) is 0 Å². The molecule has 1 aliphatic heterocycles. The number of anilines is 2. The molecule has 0 bridgehead atoms. The predicted molar refractivity (Wildman–Crippen MR) is 86.4 cm³/mol. The molecule has 1 aliphatic rings. The fourth-order valence-electron chi connectivity index (χ4n) is 2.28. The molecule has 1 heterocycles. The second kappa shape index (κ2) is 5.99. The lowest BCUT2D eigenvalue weighted by molar-refractivity contribution is -0.384. The summed E-state index contributed by atoms with van der Waals surface area (Å²) in [6.45, 7) is 1.67. The molecule has 3 rings (SSSR count). The molecule has 0 aliphatic carbocycles. The zero-order valence-corrected chi connectivity index (χ0v) is 12.7. The number of nitrogens with one attached hydrogen (secondary N) is 2. The van der Waals surface area contributed by atoms with Crippen molar-refractivity contribution in [2.24, 2.45) is 0 Å². The maximum atomic E-state index is 12.4. The topological polar surface area (TPSA) is 111 Å². The second-order valence-electron chi connectivity index (χ2n) is 5.26. The summed E-state index contributed by atoms with van der Waals surface area (Å²) in [5.41, 5.74) is 1.65. The van der Waals surface area contributed by atoms with Gasteiger partial charge in [-0.05, 0) is 30.7 Å². The van der Waals surface area contributed by atoms with Gasteiger partial charge >= 0.3 is 0 Å². The van der Waals surface area contributed by atoms with Crippen LogP contribution in [-0.2, 0) is 4.79 Å². The lowest BCUT2D eigenvalue weighted by Gasteiger charge is -2.18. The van der Waals surface area contributed by atoms with Crippen molar-refractivity contribution < 1.29 is 19.2 Å². The molecule has 24 heavy (non-hydrogen) atoms. The second-order valence-corrected chi connectivity index (χ2v) is 5.26. The van der Waals surface area contributed by atoms with E-state index in [4.69, 9.17) is 4.74 Å². The number of nitro benzene ring substituents is 1. The molecule has 122 valence electrons. The molecule has 0 fully saturated rings. The van der Waals surface area contributed by atoms with Gasteiger partial charge in [0.1, 0.15) is 5.75 Å². The number of hydrogen-bond acceptors (Lipinski definition) is 5. The lowest BCUT2D eigenvalue weighted by Crippen LogP contribution is -2.25. The van der Waals surface area contributed by atoms with Gasteiger partial charge in [0, 0.05) is 17.7 Å². The summed E-state index contributed by atoms with van der Waals surface area (Å²) in [6.07, 6.45) is 0. The number of carbonyl (C=O) groups is 2. The van der Waals surface area contributed by atoms with E-state index in [2.05, 4.69) is 10.6 Å². The van der Waals surface area contributed by atoms with Crippen molar-refractivity contribution in [3.63, 3.8) is 0 Å². The first-order valence-corrected chi connectivity index (χ1v) is 7.07. The van der Waals surface area contributed by atoms with Crippen molar-refractivity contribution in [3.05, 3.63) is 57.6 Å². The van der Waals surface area contributed by atoms with Crippen LogP contribution >= 0.6 is 0 Å². The molecule has 2 aromatic rings. The SMILES string of the molecule is Cc1ccc([N+](=O)[O-])cc1NC(=O)c1ccc2c(c1)NC(=O)CO2. The quantitative estimate of drug-likeness (QED) is 0.664. The zero-order valence-electron chi connectivity index (χ0n) is 12.7. The summed E-state index contributed by atoms with van der Waals surface area (Å²) in [4.78, 5) is 34.0. The molecule has 0 saturated heterocycles. The Kier molecular flexibility index (Phi) is 3.87. The summed E-state index contributed by atoms with van der Waals surface area (Å²) < 4.78 is 5.23. The lowest BCUT2D eigenvalue weighted by atomic mass is 10.1. The summed E-state index contributed by atoms with van der Waals surface area (Å²) in [5, 5.41) is 16.1. The number of amides is 2. The van der Waals surface area contributed by atoms with E-state index in [1.807, 2.05) is 0 Å².